The Hall–Kier alpha value is -1.39. The molecule has 0 aliphatic heterocycles. The zero-order valence-corrected chi connectivity index (χ0v) is 9.55. The minimum atomic E-state index is -0.395. The van der Waals surface area contributed by atoms with Crippen LogP contribution < -0.4 is 0 Å². The minimum Gasteiger partial charge on any atom is -0.392 e. The summed E-state index contributed by atoms with van der Waals surface area (Å²) < 4.78 is 7.12. The van der Waals surface area contributed by atoms with E-state index in [-0.39, 0.29) is 0 Å². The third kappa shape index (κ3) is 2.08. The number of rotatable bonds is 4. The van der Waals surface area contributed by atoms with Crippen molar-refractivity contribution in [1.29, 1.82) is 0 Å². The summed E-state index contributed by atoms with van der Waals surface area (Å²) in [6, 6.07) is 7.90. The molecule has 0 spiro atoms. The molecule has 0 fully saturated rings. The van der Waals surface area contributed by atoms with Crippen LogP contribution >= 0.6 is 0 Å². The molecule has 86 valence electrons. The van der Waals surface area contributed by atoms with Crippen LogP contribution in [0.25, 0.3) is 11.0 Å². The lowest BCUT2D eigenvalue weighted by atomic mass is 10.3. The van der Waals surface area contributed by atoms with E-state index in [1.807, 2.05) is 28.8 Å². The smallest absolute Gasteiger partial charge is 0.136 e. The molecule has 4 heteroatoms. The molecule has 16 heavy (non-hydrogen) atoms. The molecule has 0 bridgehead atoms. The average molecular weight is 220 g/mol. The van der Waals surface area contributed by atoms with Crippen molar-refractivity contribution in [3.8, 4) is 0 Å². The van der Waals surface area contributed by atoms with E-state index in [1.54, 1.807) is 14.0 Å². The van der Waals surface area contributed by atoms with E-state index in [9.17, 15) is 5.11 Å². The first-order chi connectivity index (χ1) is 7.72. The summed E-state index contributed by atoms with van der Waals surface area (Å²) in [5.41, 5.74) is 1.98. The lowest BCUT2D eigenvalue weighted by molar-refractivity contribution is 0.155. The van der Waals surface area contributed by atoms with Crippen LogP contribution in [-0.4, -0.2) is 27.9 Å². The highest BCUT2D eigenvalue weighted by Crippen LogP contribution is 2.17. The summed E-state index contributed by atoms with van der Waals surface area (Å²) in [6.45, 7) is 2.77. The second kappa shape index (κ2) is 4.63. The summed E-state index contributed by atoms with van der Waals surface area (Å²) in [6.07, 6.45) is -0.395. The van der Waals surface area contributed by atoms with Gasteiger partial charge in [0.05, 0.1) is 23.7 Å². The number of hydrogen-bond donors (Lipinski definition) is 1. The molecule has 2 rings (SSSR count). The molecule has 0 aliphatic carbocycles. The first kappa shape index (κ1) is 11.1. The fourth-order valence-electron chi connectivity index (χ4n) is 1.83. The minimum absolute atomic E-state index is 0.395. The Morgan fingerprint density at radius 3 is 2.88 bits per heavy atom. The fraction of sp³-hybridized carbons (Fsp3) is 0.417. The molecule has 0 amide bonds. The number of aliphatic hydroxyl groups excluding tert-OH is 1. The van der Waals surface area contributed by atoms with Crippen molar-refractivity contribution in [2.75, 3.05) is 7.11 Å². The number of methoxy groups -OCH3 is 1. The molecule has 0 saturated heterocycles. The van der Waals surface area contributed by atoms with Crippen molar-refractivity contribution < 1.29 is 9.84 Å². The second-order valence-corrected chi connectivity index (χ2v) is 3.91. The number of hydrogen-bond acceptors (Lipinski definition) is 3. The molecule has 1 heterocycles. The Balaban J connectivity index is 2.50. The van der Waals surface area contributed by atoms with Crippen LogP contribution in [0, 0.1) is 0 Å². The number of ether oxygens (including phenoxy) is 1. The number of imidazole rings is 1. The van der Waals surface area contributed by atoms with E-state index in [4.69, 9.17) is 4.74 Å². The van der Waals surface area contributed by atoms with E-state index in [0.29, 0.717) is 13.2 Å². The van der Waals surface area contributed by atoms with E-state index in [1.165, 1.54) is 0 Å². The molecular formula is C12H16N2O2. The van der Waals surface area contributed by atoms with Crippen molar-refractivity contribution in [3.63, 3.8) is 0 Å². The average Bonchev–Trinajstić information content (AvgIpc) is 2.57. The maximum absolute atomic E-state index is 9.49. The fourth-order valence-corrected chi connectivity index (χ4v) is 1.83. The van der Waals surface area contributed by atoms with Crippen LogP contribution in [0.15, 0.2) is 24.3 Å². The Morgan fingerprint density at radius 1 is 1.44 bits per heavy atom. The molecule has 0 saturated carbocycles. The molecule has 4 nitrogen and oxygen atoms in total. The molecular weight excluding hydrogens is 204 g/mol. The lowest BCUT2D eigenvalue weighted by Gasteiger charge is -2.10. The largest absolute Gasteiger partial charge is 0.392 e. The standard InChI is InChI=1S/C12H16N2O2/c1-9(15)7-14-11-6-4-3-5-10(11)13-12(14)8-16-2/h3-6,9,15H,7-8H2,1-2H3. The monoisotopic (exact) mass is 220 g/mol. The number of para-hydroxylation sites is 2. The van der Waals surface area contributed by atoms with Gasteiger partial charge in [0, 0.05) is 7.11 Å². The summed E-state index contributed by atoms with van der Waals surface area (Å²) in [7, 11) is 1.64. The number of fused-ring (bicyclic) bond motifs is 1. The van der Waals surface area contributed by atoms with Gasteiger partial charge < -0.3 is 14.4 Å². The second-order valence-electron chi connectivity index (χ2n) is 3.91. The molecule has 1 atom stereocenters. The van der Waals surface area contributed by atoms with Crippen LogP contribution in [-0.2, 0) is 17.9 Å². The Bertz CT molecular complexity index is 477. The first-order valence-corrected chi connectivity index (χ1v) is 5.33. The van der Waals surface area contributed by atoms with E-state index < -0.39 is 6.10 Å². The Labute approximate surface area is 94.5 Å². The van der Waals surface area contributed by atoms with Gasteiger partial charge >= 0.3 is 0 Å². The SMILES string of the molecule is COCc1nc2ccccc2n1CC(C)O. The van der Waals surface area contributed by atoms with Gasteiger partial charge in [-0.15, -0.1) is 0 Å². The van der Waals surface area contributed by atoms with E-state index in [2.05, 4.69) is 4.98 Å². The van der Waals surface area contributed by atoms with Gasteiger partial charge in [0.1, 0.15) is 12.4 Å². The van der Waals surface area contributed by atoms with Gasteiger partial charge in [0.15, 0.2) is 0 Å². The van der Waals surface area contributed by atoms with Gasteiger partial charge in [0.25, 0.3) is 0 Å². The van der Waals surface area contributed by atoms with Crippen LogP contribution in [0.4, 0.5) is 0 Å². The first-order valence-electron chi connectivity index (χ1n) is 5.33. The molecule has 0 radical (unpaired) electrons. The maximum Gasteiger partial charge on any atom is 0.136 e. The third-order valence-corrected chi connectivity index (χ3v) is 2.45. The number of benzene rings is 1. The quantitative estimate of drug-likeness (QED) is 0.850. The zero-order valence-electron chi connectivity index (χ0n) is 9.55. The van der Waals surface area contributed by atoms with Crippen molar-refractivity contribution in [3.05, 3.63) is 30.1 Å². The molecule has 1 aromatic heterocycles. The van der Waals surface area contributed by atoms with Gasteiger partial charge in [-0.25, -0.2) is 4.98 Å². The number of aliphatic hydroxyl groups is 1. The van der Waals surface area contributed by atoms with E-state index >= 15 is 0 Å². The maximum atomic E-state index is 9.49. The summed E-state index contributed by atoms with van der Waals surface area (Å²) >= 11 is 0. The highest BCUT2D eigenvalue weighted by Gasteiger charge is 2.11. The van der Waals surface area contributed by atoms with Crippen molar-refractivity contribution >= 4 is 11.0 Å². The van der Waals surface area contributed by atoms with Crippen molar-refractivity contribution in [2.45, 2.75) is 26.2 Å². The van der Waals surface area contributed by atoms with Crippen LogP contribution in [0.5, 0.6) is 0 Å². The molecule has 1 unspecified atom stereocenters. The highest BCUT2D eigenvalue weighted by atomic mass is 16.5. The molecule has 2 aromatic rings. The zero-order chi connectivity index (χ0) is 11.5. The molecule has 1 N–H and O–H groups in total. The van der Waals surface area contributed by atoms with Crippen LogP contribution in [0.1, 0.15) is 12.7 Å². The van der Waals surface area contributed by atoms with E-state index in [0.717, 1.165) is 16.9 Å². The normalized spacial score (nSPS) is 13.2. The highest BCUT2D eigenvalue weighted by molar-refractivity contribution is 5.75. The lowest BCUT2D eigenvalue weighted by Crippen LogP contribution is -2.14. The number of nitrogens with zero attached hydrogens (tertiary/aromatic N) is 2. The molecule has 0 aliphatic rings. The van der Waals surface area contributed by atoms with Crippen molar-refractivity contribution in [1.82, 2.24) is 9.55 Å². The van der Waals surface area contributed by atoms with Crippen molar-refractivity contribution in [2.24, 2.45) is 0 Å². The topological polar surface area (TPSA) is 47.3 Å². The Kier molecular flexibility index (Phi) is 3.22. The van der Waals surface area contributed by atoms with Gasteiger partial charge in [-0.1, -0.05) is 12.1 Å². The summed E-state index contributed by atoms with van der Waals surface area (Å²) in [5.74, 6) is 0.851. The Morgan fingerprint density at radius 2 is 2.19 bits per heavy atom. The predicted octanol–water partition coefficient (Wildman–Crippen LogP) is 1.56. The predicted molar refractivity (Wildman–Crippen MR) is 62.1 cm³/mol. The van der Waals surface area contributed by atoms with Gasteiger partial charge in [0.2, 0.25) is 0 Å². The number of aromatic nitrogens is 2. The van der Waals surface area contributed by atoms with Crippen LogP contribution in [0.2, 0.25) is 0 Å². The molecule has 1 aromatic carbocycles. The third-order valence-electron chi connectivity index (χ3n) is 2.45. The van der Waals surface area contributed by atoms with Gasteiger partial charge in [-0.2, -0.15) is 0 Å². The van der Waals surface area contributed by atoms with Gasteiger partial charge in [-0.05, 0) is 19.1 Å². The summed E-state index contributed by atoms with van der Waals surface area (Å²) in [4.78, 5) is 4.48. The van der Waals surface area contributed by atoms with Crippen LogP contribution in [0.3, 0.4) is 0 Å². The summed E-state index contributed by atoms with van der Waals surface area (Å²) in [5, 5.41) is 9.49. The van der Waals surface area contributed by atoms with Gasteiger partial charge in [-0.3, -0.25) is 0 Å².